The number of rotatable bonds is 7. The maximum Gasteiger partial charge on any atom is 0.306 e. The second-order valence-electron chi connectivity index (χ2n) is 4.21. The first-order valence-electron chi connectivity index (χ1n) is 5.86. The molecule has 0 N–H and O–H groups in total. The van der Waals surface area contributed by atoms with Gasteiger partial charge in [0.1, 0.15) is 0 Å². The van der Waals surface area contributed by atoms with Crippen LogP contribution in [0.3, 0.4) is 0 Å². The van der Waals surface area contributed by atoms with Crippen LogP contribution >= 0.6 is 11.6 Å². The monoisotopic (exact) mass is 261 g/mol. The van der Waals surface area contributed by atoms with Crippen LogP contribution in [0.1, 0.15) is 19.3 Å². The lowest BCUT2D eigenvalue weighted by atomic mass is 10.2. The molecular weight excluding hydrogens is 242 g/mol. The lowest BCUT2D eigenvalue weighted by molar-refractivity contribution is -0.141. The van der Waals surface area contributed by atoms with E-state index in [1.165, 1.54) is 7.11 Å². The van der Waals surface area contributed by atoms with Crippen molar-refractivity contribution in [2.75, 3.05) is 33.4 Å². The zero-order chi connectivity index (χ0) is 12.7. The summed E-state index contributed by atoms with van der Waals surface area (Å²) in [7, 11) is 1.40. The van der Waals surface area contributed by atoms with Gasteiger partial charge in [-0.25, -0.2) is 0 Å². The summed E-state index contributed by atoms with van der Waals surface area (Å²) in [6, 6.07) is 0. The third-order valence-corrected chi connectivity index (χ3v) is 2.86. The highest BCUT2D eigenvalue weighted by atomic mass is 35.5. The first-order chi connectivity index (χ1) is 8.11. The van der Waals surface area contributed by atoms with E-state index in [-0.39, 0.29) is 12.1 Å². The summed E-state index contributed by atoms with van der Waals surface area (Å²) in [5.41, 5.74) is 0. The summed E-state index contributed by atoms with van der Waals surface area (Å²) in [5.74, 6) is -0.206. The van der Waals surface area contributed by atoms with Crippen LogP contribution in [0.5, 0.6) is 0 Å². The normalized spacial score (nSPS) is 19.6. The molecule has 1 saturated heterocycles. The minimum absolute atomic E-state index is 0.206. The Morgan fingerprint density at radius 2 is 2.41 bits per heavy atom. The molecule has 0 radical (unpaired) electrons. The largest absolute Gasteiger partial charge is 0.469 e. The molecule has 1 heterocycles. The van der Waals surface area contributed by atoms with Crippen molar-refractivity contribution >= 4 is 17.6 Å². The summed E-state index contributed by atoms with van der Waals surface area (Å²) in [4.78, 5) is 13.2. The van der Waals surface area contributed by atoms with Gasteiger partial charge in [-0.3, -0.25) is 9.69 Å². The highest BCUT2D eigenvalue weighted by Gasteiger charge is 2.19. The maximum absolute atomic E-state index is 11.1. The molecule has 0 amide bonds. The van der Waals surface area contributed by atoms with E-state index in [4.69, 9.17) is 16.3 Å². The van der Waals surface area contributed by atoms with E-state index in [0.717, 1.165) is 26.0 Å². The molecule has 1 aliphatic rings. The number of esters is 1. The van der Waals surface area contributed by atoms with Gasteiger partial charge in [0.25, 0.3) is 0 Å². The molecule has 1 atom stereocenters. The molecule has 0 aromatic heterocycles. The topological polar surface area (TPSA) is 38.8 Å². The van der Waals surface area contributed by atoms with Gasteiger partial charge in [0.05, 0.1) is 19.6 Å². The first kappa shape index (κ1) is 14.5. The van der Waals surface area contributed by atoms with Gasteiger partial charge in [-0.05, 0) is 12.8 Å². The molecule has 1 aliphatic heterocycles. The van der Waals surface area contributed by atoms with Gasteiger partial charge in [-0.15, -0.1) is 0 Å². The number of methoxy groups -OCH3 is 1. The Bertz CT molecular complexity index is 264. The molecule has 17 heavy (non-hydrogen) atoms. The molecule has 4 nitrogen and oxygen atoms in total. The highest BCUT2D eigenvalue weighted by Crippen LogP contribution is 2.14. The third kappa shape index (κ3) is 6.05. The van der Waals surface area contributed by atoms with Gasteiger partial charge in [0.2, 0.25) is 0 Å². The molecule has 0 spiro atoms. The minimum Gasteiger partial charge on any atom is -0.469 e. The van der Waals surface area contributed by atoms with Crippen molar-refractivity contribution in [3.8, 4) is 0 Å². The van der Waals surface area contributed by atoms with E-state index in [0.29, 0.717) is 24.5 Å². The van der Waals surface area contributed by atoms with Crippen molar-refractivity contribution in [2.24, 2.45) is 0 Å². The number of carbonyl (C=O) groups excluding carboxylic acids is 1. The average Bonchev–Trinajstić information content (AvgIpc) is 2.77. The van der Waals surface area contributed by atoms with Gasteiger partial charge in [-0.2, -0.15) is 0 Å². The quantitative estimate of drug-likeness (QED) is 0.655. The van der Waals surface area contributed by atoms with Crippen LogP contribution in [-0.4, -0.2) is 50.3 Å². The van der Waals surface area contributed by atoms with Gasteiger partial charge in [0, 0.05) is 31.3 Å². The number of nitrogens with zero attached hydrogens (tertiary/aromatic N) is 1. The van der Waals surface area contributed by atoms with Crippen molar-refractivity contribution < 1.29 is 14.3 Å². The predicted octanol–water partition coefficient (Wildman–Crippen LogP) is 1.78. The van der Waals surface area contributed by atoms with Crippen LogP contribution in [0, 0.1) is 0 Å². The van der Waals surface area contributed by atoms with Crippen LogP contribution in [-0.2, 0) is 14.3 Å². The van der Waals surface area contributed by atoms with Crippen LogP contribution in [0.25, 0.3) is 0 Å². The fourth-order valence-corrected chi connectivity index (χ4v) is 2.07. The molecule has 0 unspecified atom stereocenters. The average molecular weight is 262 g/mol. The smallest absolute Gasteiger partial charge is 0.306 e. The summed E-state index contributed by atoms with van der Waals surface area (Å²) in [5, 5.41) is 0.577. The molecule has 0 aliphatic carbocycles. The Labute approximate surface area is 108 Å². The number of carbonyl (C=O) groups is 1. The van der Waals surface area contributed by atoms with Crippen molar-refractivity contribution in [2.45, 2.75) is 25.4 Å². The summed E-state index contributed by atoms with van der Waals surface area (Å²) in [6.45, 7) is 6.51. The van der Waals surface area contributed by atoms with Crippen LogP contribution < -0.4 is 0 Å². The fraction of sp³-hybridized carbons (Fsp3) is 0.750. The zero-order valence-electron chi connectivity index (χ0n) is 10.3. The van der Waals surface area contributed by atoms with Gasteiger partial charge < -0.3 is 9.47 Å². The SMILES string of the molecule is C=C(Cl)CN(CCC(=O)OC)C[C@H]1CCCO1. The Hall–Kier alpha value is -0.580. The molecule has 5 heteroatoms. The Morgan fingerprint density at radius 3 is 2.94 bits per heavy atom. The van der Waals surface area contributed by atoms with Crippen molar-refractivity contribution in [1.82, 2.24) is 4.90 Å². The Kier molecular flexibility index (Phi) is 6.55. The van der Waals surface area contributed by atoms with E-state index < -0.39 is 0 Å². The number of hydrogen-bond donors (Lipinski definition) is 0. The van der Waals surface area contributed by atoms with E-state index in [2.05, 4.69) is 16.2 Å². The van der Waals surface area contributed by atoms with Crippen LogP contribution in [0.4, 0.5) is 0 Å². The van der Waals surface area contributed by atoms with Crippen molar-refractivity contribution in [3.63, 3.8) is 0 Å². The summed E-state index contributed by atoms with van der Waals surface area (Å²) in [6.07, 6.45) is 2.80. The second kappa shape index (κ2) is 7.69. The van der Waals surface area contributed by atoms with E-state index in [1.807, 2.05) is 0 Å². The fourth-order valence-electron chi connectivity index (χ4n) is 1.91. The standard InChI is InChI=1S/C12H20ClNO3/c1-10(13)8-14(6-5-12(15)16-2)9-11-4-3-7-17-11/h11H,1,3-9H2,2H3/t11-/m1/s1. The predicted molar refractivity (Wildman–Crippen MR) is 67.0 cm³/mol. The Morgan fingerprint density at radius 1 is 1.65 bits per heavy atom. The molecule has 0 aromatic carbocycles. The summed E-state index contributed by atoms with van der Waals surface area (Å²) >= 11 is 5.81. The van der Waals surface area contributed by atoms with Gasteiger partial charge in [-0.1, -0.05) is 18.2 Å². The minimum atomic E-state index is -0.206. The second-order valence-corrected chi connectivity index (χ2v) is 4.75. The molecule has 1 rings (SSSR count). The number of hydrogen-bond acceptors (Lipinski definition) is 4. The number of ether oxygens (including phenoxy) is 2. The summed E-state index contributed by atoms with van der Waals surface area (Å²) < 4.78 is 10.2. The highest BCUT2D eigenvalue weighted by molar-refractivity contribution is 6.29. The van der Waals surface area contributed by atoms with Crippen molar-refractivity contribution in [3.05, 3.63) is 11.6 Å². The molecule has 0 bridgehead atoms. The third-order valence-electron chi connectivity index (χ3n) is 2.74. The van der Waals surface area contributed by atoms with Crippen molar-refractivity contribution in [1.29, 1.82) is 0 Å². The molecule has 0 aromatic rings. The van der Waals surface area contributed by atoms with Crippen LogP contribution in [0.15, 0.2) is 11.6 Å². The lowest BCUT2D eigenvalue weighted by Crippen LogP contribution is -2.35. The van der Waals surface area contributed by atoms with E-state index >= 15 is 0 Å². The van der Waals surface area contributed by atoms with Crippen LogP contribution in [0.2, 0.25) is 0 Å². The molecule has 0 saturated carbocycles. The molecular formula is C12H20ClNO3. The van der Waals surface area contributed by atoms with E-state index in [1.54, 1.807) is 0 Å². The molecule has 98 valence electrons. The molecule has 1 fully saturated rings. The van der Waals surface area contributed by atoms with E-state index in [9.17, 15) is 4.79 Å². The van der Waals surface area contributed by atoms with Gasteiger partial charge in [0.15, 0.2) is 0 Å². The first-order valence-corrected chi connectivity index (χ1v) is 6.23. The zero-order valence-corrected chi connectivity index (χ0v) is 11.0. The lowest BCUT2D eigenvalue weighted by Gasteiger charge is -2.24. The maximum atomic E-state index is 11.1. The Balaban J connectivity index is 2.35. The van der Waals surface area contributed by atoms with Gasteiger partial charge >= 0.3 is 5.97 Å². The number of halogens is 1.